The molecule has 1 aliphatic heterocycles. The first-order valence-electron chi connectivity index (χ1n) is 10.0. The first-order valence-corrected chi connectivity index (χ1v) is 10.0. The van der Waals surface area contributed by atoms with Crippen LogP contribution in [-0.4, -0.2) is 35.5 Å². The molecule has 3 atom stereocenters. The number of rotatable bonds is 5. The van der Waals surface area contributed by atoms with Crippen LogP contribution in [0.1, 0.15) is 29.5 Å². The predicted octanol–water partition coefficient (Wildman–Crippen LogP) is 3.36. The molecule has 0 bridgehead atoms. The lowest BCUT2D eigenvalue weighted by Gasteiger charge is -2.49. The number of hydrogen-bond donors (Lipinski definition) is 2. The second kappa shape index (κ2) is 8.06. The molecular formula is C25H24O6. The SMILES string of the molecule is CCOC(=O)[C@]1(O)[C@@H](c2ccc(OC)cc2)c2ccccc2O[C@@]1(O)c1ccccc1. The lowest BCUT2D eigenvalue weighted by Crippen LogP contribution is -2.66. The first kappa shape index (κ1) is 20.9. The molecule has 4 rings (SSSR count). The van der Waals surface area contributed by atoms with E-state index in [-0.39, 0.29) is 12.2 Å². The smallest absolute Gasteiger partial charge is 0.346 e. The van der Waals surface area contributed by atoms with Gasteiger partial charge in [-0.15, -0.1) is 0 Å². The summed E-state index contributed by atoms with van der Waals surface area (Å²) in [6.07, 6.45) is 0. The molecule has 3 aromatic rings. The van der Waals surface area contributed by atoms with Gasteiger partial charge in [-0.1, -0.05) is 60.7 Å². The predicted molar refractivity (Wildman–Crippen MR) is 114 cm³/mol. The Morgan fingerprint density at radius 2 is 1.61 bits per heavy atom. The summed E-state index contributed by atoms with van der Waals surface area (Å²) in [7, 11) is 1.56. The molecule has 0 amide bonds. The van der Waals surface area contributed by atoms with Crippen LogP contribution in [0, 0.1) is 0 Å². The quantitative estimate of drug-likeness (QED) is 0.616. The molecule has 31 heavy (non-hydrogen) atoms. The molecule has 3 aromatic carbocycles. The van der Waals surface area contributed by atoms with E-state index in [1.165, 1.54) is 0 Å². The fourth-order valence-electron chi connectivity index (χ4n) is 4.13. The van der Waals surface area contributed by atoms with Crippen molar-refractivity contribution in [3.05, 3.63) is 95.6 Å². The zero-order valence-corrected chi connectivity index (χ0v) is 17.3. The summed E-state index contributed by atoms with van der Waals surface area (Å²) in [6, 6.07) is 22.4. The number of esters is 1. The molecule has 6 nitrogen and oxygen atoms in total. The van der Waals surface area contributed by atoms with Gasteiger partial charge in [-0.2, -0.15) is 0 Å². The summed E-state index contributed by atoms with van der Waals surface area (Å²) in [5.41, 5.74) is -1.07. The Kier molecular flexibility index (Phi) is 5.43. The van der Waals surface area contributed by atoms with E-state index in [2.05, 4.69) is 0 Å². The van der Waals surface area contributed by atoms with E-state index in [9.17, 15) is 15.0 Å². The van der Waals surface area contributed by atoms with E-state index >= 15 is 0 Å². The maximum atomic E-state index is 13.3. The zero-order valence-electron chi connectivity index (χ0n) is 17.3. The van der Waals surface area contributed by atoms with Gasteiger partial charge in [-0.3, -0.25) is 0 Å². The van der Waals surface area contributed by atoms with Crippen LogP contribution in [0.2, 0.25) is 0 Å². The minimum absolute atomic E-state index is 0.0307. The van der Waals surface area contributed by atoms with Crippen molar-refractivity contribution in [3.8, 4) is 11.5 Å². The molecule has 0 aliphatic carbocycles. The highest BCUT2D eigenvalue weighted by molar-refractivity contribution is 5.85. The van der Waals surface area contributed by atoms with Crippen LogP contribution >= 0.6 is 0 Å². The van der Waals surface area contributed by atoms with Gasteiger partial charge < -0.3 is 24.4 Å². The number of aliphatic hydroxyl groups is 2. The van der Waals surface area contributed by atoms with Gasteiger partial charge in [-0.05, 0) is 30.7 Å². The van der Waals surface area contributed by atoms with E-state index < -0.39 is 23.3 Å². The summed E-state index contributed by atoms with van der Waals surface area (Å²) in [6.45, 7) is 1.67. The summed E-state index contributed by atoms with van der Waals surface area (Å²) in [5.74, 6) is -3.34. The molecule has 0 aromatic heterocycles. The maximum absolute atomic E-state index is 13.3. The molecule has 0 saturated carbocycles. The third-order valence-corrected chi connectivity index (χ3v) is 5.62. The van der Waals surface area contributed by atoms with E-state index in [1.54, 1.807) is 92.9 Å². The zero-order chi connectivity index (χ0) is 22.1. The Labute approximate surface area is 180 Å². The molecule has 6 heteroatoms. The van der Waals surface area contributed by atoms with Crippen molar-refractivity contribution < 1.29 is 29.2 Å². The van der Waals surface area contributed by atoms with Gasteiger partial charge in [0.25, 0.3) is 5.79 Å². The fourth-order valence-corrected chi connectivity index (χ4v) is 4.13. The van der Waals surface area contributed by atoms with Crippen molar-refractivity contribution >= 4 is 5.97 Å². The number of carbonyl (C=O) groups excluding carboxylic acids is 1. The topological polar surface area (TPSA) is 85.2 Å². The Morgan fingerprint density at radius 1 is 0.968 bits per heavy atom. The normalized spacial score (nSPS) is 24.6. The fraction of sp³-hybridized carbons (Fsp3) is 0.240. The van der Waals surface area contributed by atoms with E-state index in [0.29, 0.717) is 22.6 Å². The molecule has 0 fully saturated rings. The Bertz CT molecular complexity index is 1060. The molecule has 0 radical (unpaired) electrons. The standard InChI is InChI=1S/C25H24O6/c1-3-30-23(26)24(27)22(17-13-15-19(29-2)16-14-17)20-11-7-8-12-21(20)31-25(24,28)18-9-5-4-6-10-18/h4-16,22,27-28H,3H2,1-2H3/t22-,24+,25-/m0/s1. The third-order valence-electron chi connectivity index (χ3n) is 5.62. The number of hydrogen-bond acceptors (Lipinski definition) is 6. The monoisotopic (exact) mass is 420 g/mol. The number of ether oxygens (including phenoxy) is 3. The van der Waals surface area contributed by atoms with E-state index in [0.717, 1.165) is 0 Å². The average molecular weight is 420 g/mol. The second-order valence-electron chi connectivity index (χ2n) is 7.34. The summed E-state index contributed by atoms with van der Waals surface area (Å²) >= 11 is 0. The lowest BCUT2D eigenvalue weighted by atomic mass is 9.68. The van der Waals surface area contributed by atoms with Gasteiger partial charge >= 0.3 is 5.97 Å². The second-order valence-corrected chi connectivity index (χ2v) is 7.34. The van der Waals surface area contributed by atoms with Gasteiger partial charge in [0.2, 0.25) is 5.60 Å². The van der Waals surface area contributed by atoms with Crippen molar-refractivity contribution in [3.63, 3.8) is 0 Å². The van der Waals surface area contributed by atoms with Crippen molar-refractivity contribution in [2.45, 2.75) is 24.2 Å². The van der Waals surface area contributed by atoms with Crippen LogP contribution in [0.5, 0.6) is 11.5 Å². The van der Waals surface area contributed by atoms with E-state index in [1.807, 2.05) is 0 Å². The number of methoxy groups -OCH3 is 1. The van der Waals surface area contributed by atoms with E-state index in [4.69, 9.17) is 14.2 Å². The molecule has 2 N–H and O–H groups in total. The third kappa shape index (κ3) is 3.24. The maximum Gasteiger partial charge on any atom is 0.346 e. The highest BCUT2D eigenvalue weighted by Crippen LogP contribution is 2.54. The summed E-state index contributed by atoms with van der Waals surface area (Å²) < 4.78 is 16.5. The van der Waals surface area contributed by atoms with Crippen molar-refractivity contribution in [2.75, 3.05) is 13.7 Å². The molecule has 0 saturated heterocycles. The number of carbonyl (C=O) groups is 1. The number of para-hydroxylation sites is 1. The number of benzene rings is 3. The highest BCUT2D eigenvalue weighted by atomic mass is 16.7. The van der Waals surface area contributed by atoms with Gasteiger partial charge in [0, 0.05) is 11.1 Å². The van der Waals surface area contributed by atoms with Crippen molar-refractivity contribution in [1.29, 1.82) is 0 Å². The Balaban J connectivity index is 2.01. The Hall–Kier alpha value is -3.35. The molecule has 1 heterocycles. The van der Waals surface area contributed by atoms with Crippen LogP contribution in [-0.2, 0) is 15.3 Å². The number of fused-ring (bicyclic) bond motifs is 1. The molecule has 0 spiro atoms. The van der Waals surface area contributed by atoms with Gasteiger partial charge in [0.15, 0.2) is 0 Å². The van der Waals surface area contributed by atoms with Crippen LogP contribution < -0.4 is 9.47 Å². The van der Waals surface area contributed by atoms with Crippen LogP contribution in [0.25, 0.3) is 0 Å². The van der Waals surface area contributed by atoms with Crippen LogP contribution in [0.4, 0.5) is 0 Å². The molecule has 160 valence electrons. The molecular weight excluding hydrogens is 396 g/mol. The van der Waals surface area contributed by atoms with Gasteiger partial charge in [-0.25, -0.2) is 4.79 Å². The summed E-state index contributed by atoms with van der Waals surface area (Å²) in [4.78, 5) is 13.3. The molecule has 1 aliphatic rings. The van der Waals surface area contributed by atoms with Gasteiger partial charge in [0.05, 0.1) is 19.6 Å². The van der Waals surface area contributed by atoms with Gasteiger partial charge in [0.1, 0.15) is 11.5 Å². The average Bonchev–Trinajstić information content (AvgIpc) is 2.81. The summed E-state index contributed by atoms with van der Waals surface area (Å²) in [5, 5.41) is 23.9. The van der Waals surface area contributed by atoms with Crippen LogP contribution in [0.3, 0.4) is 0 Å². The molecule has 0 unspecified atom stereocenters. The van der Waals surface area contributed by atoms with Crippen molar-refractivity contribution in [2.24, 2.45) is 0 Å². The highest BCUT2D eigenvalue weighted by Gasteiger charge is 2.67. The first-order chi connectivity index (χ1) is 15.0. The van der Waals surface area contributed by atoms with Crippen molar-refractivity contribution in [1.82, 2.24) is 0 Å². The van der Waals surface area contributed by atoms with Crippen LogP contribution in [0.15, 0.2) is 78.9 Å². The largest absolute Gasteiger partial charge is 0.497 e. The minimum Gasteiger partial charge on any atom is -0.497 e. The lowest BCUT2D eigenvalue weighted by molar-refractivity contribution is -0.280. The minimum atomic E-state index is -2.46. The Morgan fingerprint density at radius 3 is 2.26 bits per heavy atom.